The number of carboxylic acids is 1. The molecule has 0 aliphatic carbocycles. The lowest BCUT2D eigenvalue weighted by Crippen LogP contribution is -2.21. The standard InChI is InChI=1S/C18H13ClN2O5/c1-9-12(6-10-2-5-15(22)16(23)7-10)17(24)21(20-9)11-3-4-14(19)13(8-11)18(25)26/h2-8,22-23H,1H3,(H,25,26)/b12-6-. The number of hydrazone groups is 1. The molecular formula is C18H13ClN2O5. The van der Waals surface area contributed by atoms with Gasteiger partial charge in [-0.15, -0.1) is 0 Å². The summed E-state index contributed by atoms with van der Waals surface area (Å²) in [6.07, 6.45) is 1.52. The normalized spacial score (nSPS) is 15.5. The Hall–Kier alpha value is -3.32. The van der Waals surface area contributed by atoms with E-state index in [1.54, 1.807) is 6.92 Å². The van der Waals surface area contributed by atoms with E-state index in [0.29, 0.717) is 11.3 Å². The highest BCUT2D eigenvalue weighted by Crippen LogP contribution is 2.30. The molecule has 0 saturated heterocycles. The molecule has 1 aliphatic rings. The zero-order chi connectivity index (χ0) is 19.0. The molecule has 132 valence electrons. The Labute approximate surface area is 153 Å². The Bertz CT molecular complexity index is 997. The van der Waals surface area contributed by atoms with E-state index in [4.69, 9.17) is 16.7 Å². The molecule has 2 aromatic rings. The first-order chi connectivity index (χ1) is 12.3. The average Bonchev–Trinajstić information content (AvgIpc) is 2.86. The minimum atomic E-state index is -1.21. The molecule has 1 amide bonds. The van der Waals surface area contributed by atoms with Gasteiger partial charge >= 0.3 is 5.97 Å². The highest BCUT2D eigenvalue weighted by Gasteiger charge is 2.29. The van der Waals surface area contributed by atoms with Crippen molar-refractivity contribution in [3.63, 3.8) is 0 Å². The fraction of sp³-hybridized carbons (Fsp3) is 0.0556. The number of amides is 1. The monoisotopic (exact) mass is 372 g/mol. The number of phenolic OH excluding ortho intramolecular Hbond substituents is 2. The van der Waals surface area contributed by atoms with Crippen molar-refractivity contribution < 1.29 is 24.9 Å². The van der Waals surface area contributed by atoms with Crippen molar-refractivity contribution in [3.8, 4) is 11.5 Å². The lowest BCUT2D eigenvalue weighted by molar-refractivity contribution is -0.114. The molecule has 1 heterocycles. The van der Waals surface area contributed by atoms with Gasteiger partial charge in [0, 0.05) is 0 Å². The van der Waals surface area contributed by atoms with Crippen molar-refractivity contribution >= 4 is 41.0 Å². The minimum Gasteiger partial charge on any atom is -0.504 e. The van der Waals surface area contributed by atoms with Crippen molar-refractivity contribution in [2.75, 3.05) is 5.01 Å². The van der Waals surface area contributed by atoms with Crippen LogP contribution in [0.3, 0.4) is 0 Å². The lowest BCUT2D eigenvalue weighted by Gasteiger charge is -2.13. The number of aromatic hydroxyl groups is 2. The highest BCUT2D eigenvalue weighted by atomic mass is 35.5. The largest absolute Gasteiger partial charge is 0.504 e. The van der Waals surface area contributed by atoms with Crippen molar-refractivity contribution in [2.45, 2.75) is 6.92 Å². The van der Waals surface area contributed by atoms with Crippen LogP contribution in [0.2, 0.25) is 5.02 Å². The van der Waals surface area contributed by atoms with E-state index in [-0.39, 0.29) is 33.3 Å². The number of carbonyl (C=O) groups excluding carboxylic acids is 1. The van der Waals surface area contributed by atoms with Crippen LogP contribution in [0.15, 0.2) is 47.1 Å². The summed E-state index contributed by atoms with van der Waals surface area (Å²) in [5.41, 5.74) is 1.34. The van der Waals surface area contributed by atoms with Gasteiger partial charge in [-0.25, -0.2) is 4.79 Å². The molecule has 3 N–H and O–H groups in total. The SMILES string of the molecule is CC1=NN(c2ccc(Cl)c(C(=O)O)c2)C(=O)/C1=C\c1ccc(O)c(O)c1. The maximum Gasteiger partial charge on any atom is 0.337 e. The quantitative estimate of drug-likeness (QED) is 0.565. The third kappa shape index (κ3) is 3.12. The minimum absolute atomic E-state index is 0.0592. The van der Waals surface area contributed by atoms with Gasteiger partial charge in [0.25, 0.3) is 5.91 Å². The zero-order valence-electron chi connectivity index (χ0n) is 13.5. The molecule has 2 aromatic carbocycles. The van der Waals surface area contributed by atoms with Crippen LogP contribution in [0.5, 0.6) is 11.5 Å². The molecule has 0 bridgehead atoms. The number of rotatable bonds is 3. The fourth-order valence-electron chi connectivity index (χ4n) is 2.47. The molecule has 0 atom stereocenters. The maximum absolute atomic E-state index is 12.7. The van der Waals surface area contributed by atoms with Crippen LogP contribution in [0, 0.1) is 0 Å². The summed E-state index contributed by atoms with van der Waals surface area (Å²) in [7, 11) is 0. The smallest absolute Gasteiger partial charge is 0.337 e. The molecule has 0 radical (unpaired) electrons. The molecule has 26 heavy (non-hydrogen) atoms. The van der Waals surface area contributed by atoms with E-state index in [0.717, 1.165) is 5.01 Å². The molecule has 0 spiro atoms. The second-order valence-corrected chi connectivity index (χ2v) is 5.99. The molecular weight excluding hydrogens is 360 g/mol. The van der Waals surface area contributed by atoms with E-state index in [9.17, 15) is 19.8 Å². The van der Waals surface area contributed by atoms with Gasteiger partial charge in [-0.2, -0.15) is 10.1 Å². The number of phenols is 2. The van der Waals surface area contributed by atoms with Gasteiger partial charge in [-0.05, 0) is 48.9 Å². The summed E-state index contributed by atoms with van der Waals surface area (Å²) in [6, 6.07) is 8.32. The number of aromatic carboxylic acids is 1. The van der Waals surface area contributed by atoms with Crippen molar-refractivity contribution in [3.05, 3.63) is 58.1 Å². The Morgan fingerprint density at radius 1 is 1.15 bits per heavy atom. The number of hydrogen-bond donors (Lipinski definition) is 3. The van der Waals surface area contributed by atoms with E-state index in [1.807, 2.05) is 0 Å². The van der Waals surface area contributed by atoms with Crippen LogP contribution in [0.1, 0.15) is 22.8 Å². The Kier molecular flexibility index (Phi) is 4.40. The first-order valence-electron chi connectivity index (χ1n) is 7.44. The van der Waals surface area contributed by atoms with Crippen LogP contribution >= 0.6 is 11.6 Å². The number of carboxylic acid groups (broad SMARTS) is 1. The predicted octanol–water partition coefficient (Wildman–Crippen LogP) is 3.26. The van der Waals surface area contributed by atoms with Crippen LogP contribution in [0.25, 0.3) is 6.08 Å². The molecule has 1 aliphatic heterocycles. The Morgan fingerprint density at radius 2 is 1.88 bits per heavy atom. The van der Waals surface area contributed by atoms with Crippen molar-refractivity contribution in [2.24, 2.45) is 5.10 Å². The van der Waals surface area contributed by atoms with Crippen LogP contribution in [0.4, 0.5) is 5.69 Å². The Balaban J connectivity index is 1.98. The number of carbonyl (C=O) groups is 2. The number of hydrogen-bond acceptors (Lipinski definition) is 5. The summed E-state index contributed by atoms with van der Waals surface area (Å²) in [6.45, 7) is 1.64. The second kappa shape index (κ2) is 6.53. The lowest BCUT2D eigenvalue weighted by atomic mass is 10.1. The summed E-state index contributed by atoms with van der Waals surface area (Å²) >= 11 is 5.85. The number of halogens is 1. The fourth-order valence-corrected chi connectivity index (χ4v) is 2.66. The number of anilines is 1. The highest BCUT2D eigenvalue weighted by molar-refractivity contribution is 6.34. The first-order valence-corrected chi connectivity index (χ1v) is 7.82. The summed E-state index contributed by atoms with van der Waals surface area (Å²) < 4.78 is 0. The van der Waals surface area contributed by atoms with Gasteiger partial charge in [-0.1, -0.05) is 17.7 Å². The zero-order valence-corrected chi connectivity index (χ0v) is 14.2. The van der Waals surface area contributed by atoms with E-state index in [2.05, 4.69) is 5.10 Å². The average molecular weight is 373 g/mol. The van der Waals surface area contributed by atoms with Gasteiger partial charge in [0.1, 0.15) is 0 Å². The summed E-state index contributed by atoms with van der Waals surface area (Å²) in [5.74, 6) is -2.23. The van der Waals surface area contributed by atoms with E-state index in [1.165, 1.54) is 42.5 Å². The Morgan fingerprint density at radius 3 is 2.54 bits per heavy atom. The van der Waals surface area contributed by atoms with Gasteiger partial charge in [0.15, 0.2) is 11.5 Å². The van der Waals surface area contributed by atoms with Gasteiger partial charge in [0.05, 0.1) is 27.6 Å². The van der Waals surface area contributed by atoms with Gasteiger partial charge in [-0.3, -0.25) is 4.79 Å². The molecule has 0 saturated carbocycles. The van der Waals surface area contributed by atoms with Crippen LogP contribution in [-0.4, -0.2) is 32.9 Å². The van der Waals surface area contributed by atoms with Gasteiger partial charge in [0.2, 0.25) is 0 Å². The first kappa shape index (κ1) is 17.5. The van der Waals surface area contributed by atoms with E-state index < -0.39 is 11.9 Å². The van der Waals surface area contributed by atoms with Crippen molar-refractivity contribution in [1.82, 2.24) is 0 Å². The molecule has 0 unspecified atom stereocenters. The molecule has 7 nitrogen and oxygen atoms in total. The third-order valence-corrected chi connectivity index (χ3v) is 4.13. The summed E-state index contributed by atoms with van der Waals surface area (Å²) in [5, 5.41) is 33.4. The topological polar surface area (TPSA) is 110 Å². The van der Waals surface area contributed by atoms with Crippen molar-refractivity contribution in [1.29, 1.82) is 0 Å². The second-order valence-electron chi connectivity index (χ2n) is 5.58. The maximum atomic E-state index is 12.7. The molecule has 0 aromatic heterocycles. The molecule has 3 rings (SSSR count). The van der Waals surface area contributed by atoms with E-state index >= 15 is 0 Å². The third-order valence-electron chi connectivity index (χ3n) is 3.80. The number of benzene rings is 2. The predicted molar refractivity (Wildman–Crippen MR) is 96.8 cm³/mol. The molecule has 0 fully saturated rings. The summed E-state index contributed by atoms with van der Waals surface area (Å²) in [4.78, 5) is 23.9. The van der Waals surface area contributed by atoms with Crippen LogP contribution < -0.4 is 5.01 Å². The van der Waals surface area contributed by atoms with Gasteiger partial charge < -0.3 is 15.3 Å². The number of nitrogens with zero attached hydrogens (tertiary/aromatic N) is 2. The molecule has 8 heteroatoms. The van der Waals surface area contributed by atoms with Crippen LogP contribution in [-0.2, 0) is 4.79 Å².